The number of carbonyl (C=O) groups excluding carboxylic acids is 1. The second-order valence-corrected chi connectivity index (χ2v) is 4.26. The van der Waals surface area contributed by atoms with Crippen LogP contribution in [-0.4, -0.2) is 23.3 Å². The number of anilines is 1. The van der Waals surface area contributed by atoms with Gasteiger partial charge in [-0.05, 0) is 23.8 Å². The van der Waals surface area contributed by atoms with Gasteiger partial charge in [0.05, 0.1) is 5.69 Å². The van der Waals surface area contributed by atoms with Gasteiger partial charge in [-0.1, -0.05) is 0 Å². The van der Waals surface area contributed by atoms with Crippen molar-refractivity contribution in [1.29, 1.82) is 0 Å². The molecule has 1 amide bonds. The van der Waals surface area contributed by atoms with Crippen molar-refractivity contribution in [2.24, 2.45) is 5.92 Å². The molecule has 1 fully saturated rings. The first-order chi connectivity index (χ1) is 7.61. The summed E-state index contributed by atoms with van der Waals surface area (Å²) in [5.41, 5.74) is 0.229. The maximum atomic E-state index is 13.5. The minimum Gasteiger partial charge on any atom is -0.508 e. The minimum atomic E-state index is -0.576. The van der Waals surface area contributed by atoms with Gasteiger partial charge in [0.1, 0.15) is 5.75 Å². The number of amides is 1. The molecule has 5 heteroatoms. The van der Waals surface area contributed by atoms with Crippen LogP contribution in [0.2, 0.25) is 0 Å². The fraction of sp³-hybridized carbons (Fsp3) is 0.364. The van der Waals surface area contributed by atoms with Crippen LogP contribution >= 0.6 is 12.6 Å². The van der Waals surface area contributed by atoms with Crippen LogP contribution in [0.5, 0.6) is 5.75 Å². The number of phenolic OH excluding ortho intramolecular Hbond substituents is 1. The summed E-state index contributed by atoms with van der Waals surface area (Å²) in [6.07, 6.45) is 0.407. The summed E-state index contributed by atoms with van der Waals surface area (Å²) in [7, 11) is 0. The van der Waals surface area contributed by atoms with Gasteiger partial charge in [-0.25, -0.2) is 4.39 Å². The summed E-state index contributed by atoms with van der Waals surface area (Å²) in [4.78, 5) is 13.1. The molecular weight excluding hydrogens is 229 g/mol. The highest BCUT2D eigenvalue weighted by molar-refractivity contribution is 7.80. The molecule has 1 aromatic rings. The van der Waals surface area contributed by atoms with Gasteiger partial charge in [-0.2, -0.15) is 12.6 Å². The van der Waals surface area contributed by atoms with E-state index in [0.717, 1.165) is 6.07 Å². The number of carbonyl (C=O) groups is 1. The maximum absolute atomic E-state index is 13.5. The van der Waals surface area contributed by atoms with Crippen molar-refractivity contribution in [3.05, 3.63) is 24.0 Å². The Balaban J connectivity index is 2.28. The first-order valence-corrected chi connectivity index (χ1v) is 5.65. The van der Waals surface area contributed by atoms with Crippen LogP contribution in [-0.2, 0) is 4.79 Å². The van der Waals surface area contributed by atoms with Crippen molar-refractivity contribution >= 4 is 24.2 Å². The van der Waals surface area contributed by atoms with Crippen molar-refractivity contribution < 1.29 is 14.3 Å². The quantitative estimate of drug-likeness (QED) is 0.775. The number of hydrogen-bond donors (Lipinski definition) is 2. The normalized spacial score (nSPS) is 20.5. The maximum Gasteiger partial charge on any atom is 0.227 e. The summed E-state index contributed by atoms with van der Waals surface area (Å²) in [5, 5.41) is 9.09. The monoisotopic (exact) mass is 241 g/mol. The highest BCUT2D eigenvalue weighted by Crippen LogP contribution is 2.29. The summed E-state index contributed by atoms with van der Waals surface area (Å²) in [6.45, 7) is 0.490. The zero-order chi connectivity index (χ0) is 11.7. The fourth-order valence-corrected chi connectivity index (χ4v) is 2.10. The molecule has 0 spiro atoms. The first kappa shape index (κ1) is 11.3. The molecule has 3 nitrogen and oxygen atoms in total. The van der Waals surface area contributed by atoms with E-state index in [2.05, 4.69) is 12.6 Å². The lowest BCUT2D eigenvalue weighted by atomic mass is 10.1. The van der Waals surface area contributed by atoms with Crippen molar-refractivity contribution in [1.82, 2.24) is 0 Å². The lowest BCUT2D eigenvalue weighted by Gasteiger charge is -2.17. The van der Waals surface area contributed by atoms with Crippen LogP contribution in [0.1, 0.15) is 6.42 Å². The number of aromatic hydroxyl groups is 1. The van der Waals surface area contributed by atoms with Crippen molar-refractivity contribution in [3.8, 4) is 5.75 Å². The van der Waals surface area contributed by atoms with E-state index >= 15 is 0 Å². The van der Waals surface area contributed by atoms with E-state index in [0.29, 0.717) is 18.7 Å². The lowest BCUT2D eigenvalue weighted by Crippen LogP contribution is -2.25. The Bertz CT molecular complexity index is 424. The van der Waals surface area contributed by atoms with E-state index in [9.17, 15) is 9.18 Å². The van der Waals surface area contributed by atoms with E-state index < -0.39 is 5.82 Å². The molecule has 1 unspecified atom stereocenters. The lowest BCUT2D eigenvalue weighted by molar-refractivity contribution is -0.117. The van der Waals surface area contributed by atoms with Gasteiger partial charge >= 0.3 is 0 Å². The highest BCUT2D eigenvalue weighted by Gasteiger charge is 2.31. The molecule has 2 rings (SSSR count). The van der Waals surface area contributed by atoms with Gasteiger partial charge in [0.15, 0.2) is 5.82 Å². The van der Waals surface area contributed by atoms with E-state index in [-0.39, 0.29) is 23.3 Å². The molecule has 0 aliphatic carbocycles. The summed E-state index contributed by atoms with van der Waals surface area (Å²) >= 11 is 4.14. The molecular formula is C11H12FNO2S. The predicted octanol–water partition coefficient (Wildman–Crippen LogP) is 1.81. The van der Waals surface area contributed by atoms with Crippen molar-refractivity contribution in [2.45, 2.75) is 6.42 Å². The molecule has 1 aromatic carbocycles. The van der Waals surface area contributed by atoms with Crippen LogP contribution in [0.15, 0.2) is 18.2 Å². The Morgan fingerprint density at radius 1 is 1.56 bits per heavy atom. The third-order valence-corrected chi connectivity index (χ3v) is 3.20. The predicted molar refractivity (Wildman–Crippen MR) is 62.4 cm³/mol. The molecule has 1 aliphatic heterocycles. The number of benzene rings is 1. The standard InChI is InChI=1S/C11H12FNO2S/c12-9-4-8(14)1-2-10(9)13-5-7(6-16)3-11(13)15/h1-2,4,7,14,16H,3,5-6H2. The van der Waals surface area contributed by atoms with Crippen LogP contribution in [0, 0.1) is 11.7 Å². The van der Waals surface area contributed by atoms with Gasteiger partial charge in [0.25, 0.3) is 0 Å². The summed E-state index contributed by atoms with van der Waals surface area (Å²) < 4.78 is 13.5. The third-order valence-electron chi connectivity index (χ3n) is 2.69. The Labute approximate surface area is 98.3 Å². The molecule has 1 atom stereocenters. The highest BCUT2D eigenvalue weighted by atomic mass is 32.1. The van der Waals surface area contributed by atoms with Gasteiger partial charge in [-0.3, -0.25) is 4.79 Å². The average molecular weight is 241 g/mol. The average Bonchev–Trinajstić information content (AvgIpc) is 2.60. The molecule has 1 N–H and O–H groups in total. The second kappa shape index (κ2) is 4.33. The topological polar surface area (TPSA) is 40.5 Å². The Morgan fingerprint density at radius 2 is 2.31 bits per heavy atom. The van der Waals surface area contributed by atoms with Gasteiger partial charge in [-0.15, -0.1) is 0 Å². The number of rotatable bonds is 2. The molecule has 1 heterocycles. The number of nitrogens with zero attached hydrogens (tertiary/aromatic N) is 1. The SMILES string of the molecule is O=C1CC(CS)CN1c1ccc(O)cc1F. The van der Waals surface area contributed by atoms with Gasteiger partial charge < -0.3 is 10.0 Å². The minimum absolute atomic E-state index is 0.0939. The molecule has 0 saturated carbocycles. The molecule has 0 aromatic heterocycles. The number of halogens is 1. The third kappa shape index (κ3) is 2.00. The largest absolute Gasteiger partial charge is 0.508 e. The van der Waals surface area contributed by atoms with Crippen LogP contribution in [0.3, 0.4) is 0 Å². The molecule has 0 bridgehead atoms. The number of thiol groups is 1. The molecule has 86 valence electrons. The van der Waals surface area contributed by atoms with Gasteiger partial charge in [0, 0.05) is 19.0 Å². The van der Waals surface area contributed by atoms with Crippen LogP contribution < -0.4 is 4.90 Å². The van der Waals surface area contributed by atoms with Crippen LogP contribution in [0.25, 0.3) is 0 Å². The Morgan fingerprint density at radius 3 is 2.88 bits per heavy atom. The number of phenols is 1. The second-order valence-electron chi connectivity index (χ2n) is 3.89. The molecule has 1 saturated heterocycles. The Hall–Kier alpha value is -1.23. The fourth-order valence-electron chi connectivity index (χ4n) is 1.85. The zero-order valence-corrected chi connectivity index (χ0v) is 9.45. The van der Waals surface area contributed by atoms with E-state index in [1.165, 1.54) is 17.0 Å². The molecule has 16 heavy (non-hydrogen) atoms. The molecule has 1 aliphatic rings. The summed E-state index contributed by atoms with van der Waals surface area (Å²) in [6, 6.07) is 3.81. The van der Waals surface area contributed by atoms with E-state index in [4.69, 9.17) is 5.11 Å². The van der Waals surface area contributed by atoms with Crippen LogP contribution in [0.4, 0.5) is 10.1 Å². The smallest absolute Gasteiger partial charge is 0.227 e. The van der Waals surface area contributed by atoms with E-state index in [1.54, 1.807) is 0 Å². The zero-order valence-electron chi connectivity index (χ0n) is 8.56. The first-order valence-electron chi connectivity index (χ1n) is 5.01. The van der Waals surface area contributed by atoms with Crippen molar-refractivity contribution in [2.75, 3.05) is 17.2 Å². The van der Waals surface area contributed by atoms with Crippen molar-refractivity contribution in [3.63, 3.8) is 0 Å². The number of hydrogen-bond acceptors (Lipinski definition) is 3. The van der Waals surface area contributed by atoms with E-state index in [1.807, 2.05) is 0 Å². The van der Waals surface area contributed by atoms with Gasteiger partial charge in [0.2, 0.25) is 5.91 Å². The summed E-state index contributed by atoms with van der Waals surface area (Å²) in [5.74, 6) is -0.0263. The Kier molecular flexibility index (Phi) is 3.05. The molecule has 0 radical (unpaired) electrons.